The maximum absolute atomic E-state index is 6.61. The Morgan fingerprint density at radius 3 is 2.41 bits per heavy atom. The van der Waals surface area contributed by atoms with Gasteiger partial charge in [0.25, 0.3) is 0 Å². The van der Waals surface area contributed by atoms with E-state index in [1.165, 1.54) is 5.56 Å². The molecule has 0 spiro atoms. The molecule has 4 heteroatoms. The molecule has 1 aromatic rings. The molecule has 1 aliphatic heterocycles. The molecule has 1 fully saturated rings. The Morgan fingerprint density at radius 1 is 1.18 bits per heavy atom. The highest BCUT2D eigenvalue weighted by atomic mass is 28.4. The van der Waals surface area contributed by atoms with Gasteiger partial charge >= 0.3 is 0 Å². The van der Waals surface area contributed by atoms with Crippen molar-refractivity contribution < 1.29 is 9.16 Å². The third-order valence-electron chi connectivity index (χ3n) is 5.09. The molecule has 124 valence electrons. The zero-order chi connectivity index (χ0) is 16.4. The van der Waals surface area contributed by atoms with E-state index in [1.54, 1.807) is 0 Å². The van der Waals surface area contributed by atoms with Gasteiger partial charge in [0.1, 0.15) is 0 Å². The number of rotatable bonds is 5. The number of likely N-dealkylation sites (N-methyl/N-ethyl adjacent to an activating group) is 1. The standard InChI is InChI=1S/C18H31NO2Si/c1-18(2,3)22(5,6)21-17-14-20-13-16(17)19(4)12-15-10-8-7-9-11-15/h7-11,16-17H,12-14H2,1-6H3. The molecule has 1 heterocycles. The maximum Gasteiger partial charge on any atom is 0.192 e. The van der Waals surface area contributed by atoms with Gasteiger partial charge in [-0.1, -0.05) is 51.1 Å². The van der Waals surface area contributed by atoms with Crippen molar-refractivity contribution in [3.8, 4) is 0 Å². The van der Waals surface area contributed by atoms with E-state index in [1.807, 2.05) is 0 Å². The van der Waals surface area contributed by atoms with Crippen molar-refractivity contribution >= 4 is 8.32 Å². The van der Waals surface area contributed by atoms with Crippen LogP contribution in [0.2, 0.25) is 18.1 Å². The van der Waals surface area contributed by atoms with Crippen LogP contribution < -0.4 is 0 Å². The van der Waals surface area contributed by atoms with Crippen molar-refractivity contribution in [3.05, 3.63) is 35.9 Å². The first-order valence-electron chi connectivity index (χ1n) is 8.20. The molecule has 0 N–H and O–H groups in total. The predicted molar refractivity (Wildman–Crippen MR) is 94.6 cm³/mol. The van der Waals surface area contributed by atoms with Crippen LogP contribution in [0, 0.1) is 0 Å². The molecule has 0 saturated carbocycles. The molecule has 2 unspecified atom stereocenters. The van der Waals surface area contributed by atoms with Gasteiger partial charge in [-0.25, -0.2) is 0 Å². The fraction of sp³-hybridized carbons (Fsp3) is 0.667. The molecule has 0 bridgehead atoms. The summed E-state index contributed by atoms with van der Waals surface area (Å²) in [5, 5.41) is 0.234. The van der Waals surface area contributed by atoms with Crippen LogP contribution in [0.5, 0.6) is 0 Å². The average molecular weight is 322 g/mol. The fourth-order valence-corrected chi connectivity index (χ4v) is 3.93. The van der Waals surface area contributed by atoms with Crippen molar-refractivity contribution in [2.24, 2.45) is 0 Å². The van der Waals surface area contributed by atoms with Crippen molar-refractivity contribution in [1.82, 2.24) is 4.90 Å². The van der Waals surface area contributed by atoms with Crippen LogP contribution in [0.3, 0.4) is 0 Å². The zero-order valence-electron chi connectivity index (χ0n) is 14.9. The minimum atomic E-state index is -1.76. The van der Waals surface area contributed by atoms with E-state index in [2.05, 4.69) is 76.1 Å². The molecule has 1 saturated heterocycles. The van der Waals surface area contributed by atoms with E-state index in [0.29, 0.717) is 6.04 Å². The van der Waals surface area contributed by atoms with Crippen molar-refractivity contribution in [2.75, 3.05) is 20.3 Å². The molecule has 2 rings (SSSR count). The molecule has 2 atom stereocenters. The SMILES string of the molecule is CN(Cc1ccccc1)C1COCC1O[Si](C)(C)C(C)(C)C. The van der Waals surface area contributed by atoms with Gasteiger partial charge < -0.3 is 9.16 Å². The van der Waals surface area contributed by atoms with Gasteiger partial charge in [-0.2, -0.15) is 0 Å². The lowest BCUT2D eigenvalue weighted by molar-refractivity contribution is 0.100. The second kappa shape index (κ2) is 6.83. The smallest absolute Gasteiger partial charge is 0.192 e. The molecule has 0 aliphatic carbocycles. The molecular formula is C18H31NO2Si. The molecule has 1 aromatic carbocycles. The lowest BCUT2D eigenvalue weighted by atomic mass is 10.1. The normalized spacial score (nSPS) is 23.2. The van der Waals surface area contributed by atoms with E-state index < -0.39 is 8.32 Å². The molecule has 0 aromatic heterocycles. The lowest BCUT2D eigenvalue weighted by Gasteiger charge is -2.40. The highest BCUT2D eigenvalue weighted by Crippen LogP contribution is 2.38. The van der Waals surface area contributed by atoms with Gasteiger partial charge in [0, 0.05) is 6.54 Å². The Kier molecular flexibility index (Phi) is 5.48. The van der Waals surface area contributed by atoms with E-state index in [0.717, 1.165) is 19.8 Å². The monoisotopic (exact) mass is 321 g/mol. The minimum absolute atomic E-state index is 0.189. The minimum Gasteiger partial charge on any atom is -0.410 e. The summed E-state index contributed by atoms with van der Waals surface area (Å²) in [6.45, 7) is 13.9. The Hall–Kier alpha value is -0.683. The summed E-state index contributed by atoms with van der Waals surface area (Å²) < 4.78 is 12.3. The summed E-state index contributed by atoms with van der Waals surface area (Å²) in [7, 11) is 0.419. The highest BCUT2D eigenvalue weighted by Gasteiger charge is 2.43. The molecule has 1 aliphatic rings. The first-order chi connectivity index (χ1) is 10.2. The number of hydrogen-bond acceptors (Lipinski definition) is 3. The lowest BCUT2D eigenvalue weighted by Crippen LogP contribution is -2.50. The molecule has 22 heavy (non-hydrogen) atoms. The number of benzene rings is 1. The summed E-state index contributed by atoms with van der Waals surface area (Å²) in [6.07, 6.45) is 0.189. The zero-order valence-corrected chi connectivity index (χ0v) is 15.9. The number of hydrogen-bond donors (Lipinski definition) is 0. The van der Waals surface area contributed by atoms with Crippen molar-refractivity contribution in [1.29, 1.82) is 0 Å². The average Bonchev–Trinajstić information content (AvgIpc) is 2.86. The molecule has 3 nitrogen and oxygen atoms in total. The number of ether oxygens (including phenoxy) is 1. The maximum atomic E-state index is 6.61. The van der Waals surface area contributed by atoms with Crippen LogP contribution in [0.25, 0.3) is 0 Å². The van der Waals surface area contributed by atoms with Crippen LogP contribution in [0.15, 0.2) is 30.3 Å². The summed E-state index contributed by atoms with van der Waals surface area (Å²) in [5.74, 6) is 0. The Balaban J connectivity index is 2.01. The topological polar surface area (TPSA) is 21.7 Å². The van der Waals surface area contributed by atoms with Gasteiger partial charge in [0.2, 0.25) is 0 Å². The quantitative estimate of drug-likeness (QED) is 0.768. The van der Waals surface area contributed by atoms with Crippen molar-refractivity contribution in [3.63, 3.8) is 0 Å². The molecule has 0 radical (unpaired) electrons. The Bertz CT molecular complexity index is 470. The molecular weight excluding hydrogens is 290 g/mol. The first-order valence-corrected chi connectivity index (χ1v) is 11.1. The Labute approximate surface area is 136 Å². The largest absolute Gasteiger partial charge is 0.410 e. The fourth-order valence-electron chi connectivity index (χ4n) is 2.59. The third kappa shape index (κ3) is 4.19. The first kappa shape index (κ1) is 17.7. The summed E-state index contributed by atoms with van der Waals surface area (Å²) in [4.78, 5) is 2.38. The van der Waals surface area contributed by atoms with Crippen LogP contribution in [-0.4, -0.2) is 45.6 Å². The van der Waals surface area contributed by atoms with Crippen LogP contribution >= 0.6 is 0 Å². The van der Waals surface area contributed by atoms with Gasteiger partial charge in [0.15, 0.2) is 8.32 Å². The van der Waals surface area contributed by atoms with E-state index in [4.69, 9.17) is 9.16 Å². The third-order valence-corrected chi connectivity index (χ3v) is 9.60. The highest BCUT2D eigenvalue weighted by molar-refractivity contribution is 6.74. The Morgan fingerprint density at radius 2 is 1.82 bits per heavy atom. The van der Waals surface area contributed by atoms with Crippen LogP contribution in [0.4, 0.5) is 0 Å². The van der Waals surface area contributed by atoms with E-state index in [9.17, 15) is 0 Å². The van der Waals surface area contributed by atoms with Crippen molar-refractivity contribution in [2.45, 2.75) is 57.6 Å². The summed E-state index contributed by atoms with van der Waals surface area (Å²) in [5.41, 5.74) is 1.34. The van der Waals surface area contributed by atoms with E-state index >= 15 is 0 Å². The van der Waals surface area contributed by atoms with E-state index in [-0.39, 0.29) is 11.1 Å². The second-order valence-electron chi connectivity index (χ2n) is 7.92. The van der Waals surface area contributed by atoms with Gasteiger partial charge in [0.05, 0.1) is 25.4 Å². The predicted octanol–water partition coefficient (Wildman–Crippen LogP) is 3.91. The van der Waals surface area contributed by atoms with Crippen LogP contribution in [-0.2, 0) is 15.7 Å². The van der Waals surface area contributed by atoms with Gasteiger partial charge in [-0.3, -0.25) is 4.90 Å². The molecule has 0 amide bonds. The van der Waals surface area contributed by atoms with Crippen LogP contribution in [0.1, 0.15) is 26.3 Å². The van der Waals surface area contributed by atoms with Gasteiger partial charge in [-0.05, 0) is 30.7 Å². The second-order valence-corrected chi connectivity index (χ2v) is 12.7. The van der Waals surface area contributed by atoms with Gasteiger partial charge in [-0.15, -0.1) is 0 Å². The number of nitrogens with zero attached hydrogens (tertiary/aromatic N) is 1. The summed E-state index contributed by atoms with van der Waals surface area (Å²) in [6, 6.07) is 10.9. The summed E-state index contributed by atoms with van der Waals surface area (Å²) >= 11 is 0.